The fraction of sp³-hybridized carbons (Fsp3) is 0.933. The molecule has 0 aromatic heterocycles. The summed E-state index contributed by atoms with van der Waals surface area (Å²) in [6.07, 6.45) is 8.67. The lowest BCUT2D eigenvalue weighted by Gasteiger charge is -2.51. The van der Waals surface area contributed by atoms with Gasteiger partial charge in [-0.15, -0.1) is 0 Å². The number of likely N-dealkylation sites (tertiary alicyclic amines) is 2. The topological polar surface area (TPSA) is 59.1 Å². The van der Waals surface area contributed by atoms with E-state index < -0.39 is 0 Å². The molecule has 0 radical (unpaired) electrons. The van der Waals surface area contributed by atoms with Gasteiger partial charge in [0.25, 0.3) is 0 Å². The first kappa shape index (κ1) is 31.1. The second-order valence-electron chi connectivity index (χ2n) is 14.3. The van der Waals surface area contributed by atoms with Crippen molar-refractivity contribution >= 4 is 11.9 Å². The molecule has 2 aliphatic heterocycles. The zero-order valence-electron chi connectivity index (χ0n) is 25.2. The van der Waals surface area contributed by atoms with Gasteiger partial charge in [-0.25, -0.2) is 0 Å². The van der Waals surface area contributed by atoms with E-state index in [1.807, 2.05) is 0 Å². The number of hydrogen-bond acceptors (Lipinski definition) is 6. The third kappa shape index (κ3) is 8.72. The molecule has 0 amide bonds. The molecule has 0 N–H and O–H groups in total. The van der Waals surface area contributed by atoms with Gasteiger partial charge in [0.15, 0.2) is 0 Å². The SMILES string of the molecule is CN1CC(C)(C)C(OC(=O)CCCCCCCCC(=O)OC2CC(C)(C)N(C)CC2(C)C)CC1(C)C. The van der Waals surface area contributed by atoms with E-state index in [0.717, 1.165) is 64.5 Å². The van der Waals surface area contributed by atoms with Crippen LogP contribution in [0.1, 0.15) is 120 Å². The molecular formula is C30H56N2O4. The van der Waals surface area contributed by atoms with Crippen LogP contribution in [0.15, 0.2) is 0 Å². The molecule has 2 heterocycles. The Labute approximate surface area is 221 Å². The van der Waals surface area contributed by atoms with Crippen LogP contribution in [0, 0.1) is 10.8 Å². The van der Waals surface area contributed by atoms with Crippen molar-refractivity contribution in [3.05, 3.63) is 0 Å². The Balaban J connectivity index is 1.57. The molecule has 2 unspecified atom stereocenters. The summed E-state index contributed by atoms with van der Waals surface area (Å²) in [4.78, 5) is 29.7. The molecule has 0 spiro atoms. The number of piperidine rings is 2. The van der Waals surface area contributed by atoms with Gasteiger partial charge in [-0.3, -0.25) is 9.59 Å². The first-order chi connectivity index (χ1) is 16.5. The summed E-state index contributed by atoms with van der Waals surface area (Å²) in [5.41, 5.74) is 0.0420. The molecule has 2 saturated heterocycles. The molecular weight excluding hydrogens is 452 g/mol. The maximum Gasteiger partial charge on any atom is 0.306 e. The lowest BCUT2D eigenvalue weighted by Crippen LogP contribution is -2.58. The molecule has 0 saturated carbocycles. The highest BCUT2D eigenvalue weighted by atomic mass is 16.5. The molecule has 6 nitrogen and oxygen atoms in total. The summed E-state index contributed by atoms with van der Waals surface area (Å²) < 4.78 is 11.9. The predicted octanol–water partition coefficient (Wildman–Crippen LogP) is 6.21. The van der Waals surface area contributed by atoms with Gasteiger partial charge in [0.1, 0.15) is 12.2 Å². The van der Waals surface area contributed by atoms with Crippen molar-refractivity contribution in [1.29, 1.82) is 0 Å². The number of hydrogen-bond donors (Lipinski definition) is 0. The zero-order chi connectivity index (χ0) is 27.4. The van der Waals surface area contributed by atoms with Crippen LogP contribution in [-0.2, 0) is 19.1 Å². The summed E-state index contributed by atoms with van der Waals surface area (Å²) >= 11 is 0. The lowest BCUT2D eigenvalue weighted by molar-refractivity contribution is -0.166. The van der Waals surface area contributed by atoms with E-state index in [9.17, 15) is 9.59 Å². The van der Waals surface area contributed by atoms with Gasteiger partial charge >= 0.3 is 11.9 Å². The maximum atomic E-state index is 12.5. The van der Waals surface area contributed by atoms with Crippen LogP contribution in [0.5, 0.6) is 0 Å². The van der Waals surface area contributed by atoms with Gasteiger partial charge in [-0.1, -0.05) is 53.4 Å². The van der Waals surface area contributed by atoms with E-state index in [0.29, 0.717) is 12.8 Å². The molecule has 210 valence electrons. The Hall–Kier alpha value is -1.14. The molecule has 0 aliphatic carbocycles. The number of carbonyl (C=O) groups excluding carboxylic acids is 2. The minimum atomic E-state index is -0.0591. The molecule has 0 aromatic rings. The van der Waals surface area contributed by atoms with Gasteiger partial charge in [0.05, 0.1) is 0 Å². The largest absolute Gasteiger partial charge is 0.462 e. The molecule has 36 heavy (non-hydrogen) atoms. The molecule has 0 aromatic carbocycles. The zero-order valence-corrected chi connectivity index (χ0v) is 25.2. The summed E-state index contributed by atoms with van der Waals surface area (Å²) in [6, 6.07) is 0. The molecule has 2 rings (SSSR count). The van der Waals surface area contributed by atoms with E-state index in [-0.39, 0.29) is 46.1 Å². The normalized spacial score (nSPS) is 27.4. The van der Waals surface area contributed by atoms with Gasteiger partial charge in [0.2, 0.25) is 0 Å². The van der Waals surface area contributed by atoms with Crippen LogP contribution in [0.2, 0.25) is 0 Å². The molecule has 2 aliphatic rings. The number of carbonyl (C=O) groups is 2. The van der Waals surface area contributed by atoms with Crippen LogP contribution in [0.3, 0.4) is 0 Å². The highest BCUT2D eigenvalue weighted by Crippen LogP contribution is 2.40. The number of nitrogens with zero attached hydrogens (tertiary/aromatic N) is 2. The highest BCUT2D eigenvalue weighted by Gasteiger charge is 2.46. The first-order valence-corrected chi connectivity index (χ1v) is 14.3. The van der Waals surface area contributed by atoms with Crippen molar-refractivity contribution in [3.8, 4) is 0 Å². The van der Waals surface area contributed by atoms with Crippen molar-refractivity contribution in [3.63, 3.8) is 0 Å². The number of rotatable bonds is 11. The second-order valence-corrected chi connectivity index (χ2v) is 14.3. The fourth-order valence-corrected chi connectivity index (χ4v) is 5.71. The smallest absolute Gasteiger partial charge is 0.306 e. The highest BCUT2D eigenvalue weighted by molar-refractivity contribution is 5.70. The minimum Gasteiger partial charge on any atom is -0.462 e. The van der Waals surface area contributed by atoms with Crippen molar-refractivity contribution in [2.75, 3.05) is 27.2 Å². The van der Waals surface area contributed by atoms with Gasteiger partial charge in [0, 0.05) is 60.7 Å². The van der Waals surface area contributed by atoms with Crippen molar-refractivity contribution < 1.29 is 19.1 Å². The van der Waals surface area contributed by atoms with Crippen LogP contribution in [0.4, 0.5) is 0 Å². The predicted molar refractivity (Wildman–Crippen MR) is 147 cm³/mol. The van der Waals surface area contributed by atoms with Gasteiger partial charge in [-0.05, 0) is 54.6 Å². The van der Waals surface area contributed by atoms with E-state index >= 15 is 0 Å². The Bertz CT molecular complexity index is 681. The Morgan fingerprint density at radius 3 is 1.25 bits per heavy atom. The maximum absolute atomic E-state index is 12.5. The summed E-state index contributed by atoms with van der Waals surface area (Å²) in [5.74, 6) is -0.118. The standard InChI is InChI=1S/C30H56N2O4/c1-27(2)21-31(9)29(5,6)19-23(27)35-25(33)17-15-13-11-12-14-16-18-26(34)36-24-20-30(7,8)32(10)22-28(24,3)4/h23-24H,11-22H2,1-10H3. The summed E-state index contributed by atoms with van der Waals surface area (Å²) in [7, 11) is 4.30. The average molecular weight is 509 g/mol. The number of unbranched alkanes of at least 4 members (excludes halogenated alkanes) is 5. The second kappa shape index (κ2) is 12.1. The number of esters is 2. The van der Waals surface area contributed by atoms with E-state index in [1.165, 1.54) is 0 Å². The van der Waals surface area contributed by atoms with Gasteiger partial charge < -0.3 is 19.3 Å². The van der Waals surface area contributed by atoms with Crippen LogP contribution in [-0.4, -0.2) is 72.2 Å². The van der Waals surface area contributed by atoms with E-state index in [4.69, 9.17) is 9.47 Å². The molecule has 0 bridgehead atoms. The Morgan fingerprint density at radius 2 is 0.917 bits per heavy atom. The Kier molecular flexibility index (Phi) is 10.5. The minimum absolute atomic E-state index is 0.0258. The monoisotopic (exact) mass is 508 g/mol. The molecule has 2 atom stereocenters. The number of ether oxygens (including phenoxy) is 2. The van der Waals surface area contributed by atoms with E-state index in [1.54, 1.807) is 0 Å². The lowest BCUT2D eigenvalue weighted by atomic mass is 9.74. The molecule has 2 fully saturated rings. The summed E-state index contributed by atoms with van der Waals surface area (Å²) in [5, 5.41) is 0. The van der Waals surface area contributed by atoms with Crippen molar-refractivity contribution in [2.45, 2.75) is 143 Å². The third-order valence-electron chi connectivity index (χ3n) is 9.03. The summed E-state index contributed by atoms with van der Waals surface area (Å²) in [6.45, 7) is 19.5. The Morgan fingerprint density at radius 1 is 0.611 bits per heavy atom. The molecule has 6 heteroatoms. The first-order valence-electron chi connectivity index (χ1n) is 14.3. The van der Waals surface area contributed by atoms with Crippen LogP contribution >= 0.6 is 0 Å². The van der Waals surface area contributed by atoms with Gasteiger partial charge in [-0.2, -0.15) is 0 Å². The van der Waals surface area contributed by atoms with Crippen LogP contribution in [0.25, 0.3) is 0 Å². The van der Waals surface area contributed by atoms with E-state index in [2.05, 4.69) is 79.3 Å². The van der Waals surface area contributed by atoms with Crippen molar-refractivity contribution in [1.82, 2.24) is 9.80 Å². The fourth-order valence-electron chi connectivity index (χ4n) is 5.71. The van der Waals surface area contributed by atoms with Crippen LogP contribution < -0.4 is 0 Å². The third-order valence-corrected chi connectivity index (χ3v) is 9.03. The quantitative estimate of drug-likeness (QED) is 0.244. The average Bonchev–Trinajstić information content (AvgIpc) is 2.72. The van der Waals surface area contributed by atoms with Crippen molar-refractivity contribution in [2.24, 2.45) is 10.8 Å².